The van der Waals surface area contributed by atoms with E-state index in [1.165, 1.54) is 24.5 Å². The van der Waals surface area contributed by atoms with E-state index in [9.17, 15) is 8.42 Å². The zero-order chi connectivity index (χ0) is 14.7. The first-order valence-corrected chi connectivity index (χ1v) is 7.50. The Morgan fingerprint density at radius 3 is 2.43 bits per heavy atom. The molecule has 0 saturated carbocycles. The minimum Gasteiger partial charge on any atom is -0.379 e. The summed E-state index contributed by atoms with van der Waals surface area (Å²) in [5.41, 5.74) is 0.811. The summed E-state index contributed by atoms with van der Waals surface area (Å²) in [6.07, 6.45) is 6.20. The second-order valence-corrected chi connectivity index (χ2v) is 5.72. The number of benzene rings is 1. The summed E-state index contributed by atoms with van der Waals surface area (Å²) in [5.74, 6) is 0.231. The third kappa shape index (κ3) is 2.92. The molecule has 1 aromatic carbocycles. The quantitative estimate of drug-likeness (QED) is 0.689. The summed E-state index contributed by atoms with van der Waals surface area (Å²) >= 11 is 0. The number of nitrogens with zero attached hydrogens (tertiary/aromatic N) is 3. The van der Waals surface area contributed by atoms with Crippen molar-refractivity contribution < 1.29 is 12.6 Å². The maximum Gasteiger partial charge on any atom is 0.340 e. The van der Waals surface area contributed by atoms with Crippen LogP contribution in [0.4, 0.5) is 0 Å². The molecule has 0 saturated heterocycles. The first-order chi connectivity index (χ1) is 10.1. The molecule has 3 aromatic rings. The van der Waals surface area contributed by atoms with Gasteiger partial charge in [0.2, 0.25) is 0 Å². The predicted molar refractivity (Wildman–Crippen MR) is 75.6 cm³/mol. The summed E-state index contributed by atoms with van der Waals surface area (Å²) in [4.78, 5) is 3.78. The molecule has 21 heavy (non-hydrogen) atoms. The minimum absolute atomic E-state index is 0.0150. The molecule has 0 radical (unpaired) electrons. The topological polar surface area (TPSA) is 74.1 Å². The Hall–Kier alpha value is -2.67. The summed E-state index contributed by atoms with van der Waals surface area (Å²) in [6, 6.07) is 11.4. The average Bonchev–Trinajstić information content (AvgIpc) is 3.03. The normalized spacial score (nSPS) is 11.2. The van der Waals surface area contributed by atoms with Crippen LogP contribution < -0.4 is 4.18 Å². The standard InChI is InChI=1S/C14H11N3O3S/c18-21(19,14-3-1-8-15-11-14)20-13-6-4-12(5-7-13)17-10-2-9-16-17/h1-11H. The van der Waals surface area contributed by atoms with Gasteiger partial charge in [-0.3, -0.25) is 4.98 Å². The highest BCUT2D eigenvalue weighted by Gasteiger charge is 2.16. The fourth-order valence-electron chi connectivity index (χ4n) is 1.75. The van der Waals surface area contributed by atoms with Gasteiger partial charge < -0.3 is 4.18 Å². The Labute approximate surface area is 121 Å². The SMILES string of the molecule is O=S(=O)(Oc1ccc(-n2cccn2)cc1)c1cccnc1. The van der Waals surface area contributed by atoms with Crippen molar-refractivity contribution in [1.82, 2.24) is 14.8 Å². The van der Waals surface area contributed by atoms with Crippen molar-refractivity contribution in [3.05, 3.63) is 67.3 Å². The second kappa shape index (κ2) is 5.37. The largest absolute Gasteiger partial charge is 0.379 e. The first kappa shape index (κ1) is 13.3. The average molecular weight is 301 g/mol. The van der Waals surface area contributed by atoms with Crippen LogP contribution in [-0.4, -0.2) is 23.2 Å². The van der Waals surface area contributed by atoms with Crippen LogP contribution in [0.2, 0.25) is 0 Å². The number of pyridine rings is 1. The highest BCUT2D eigenvalue weighted by Crippen LogP contribution is 2.19. The number of hydrogen-bond acceptors (Lipinski definition) is 5. The zero-order valence-corrected chi connectivity index (χ0v) is 11.6. The van der Waals surface area contributed by atoms with Gasteiger partial charge in [-0.05, 0) is 42.5 Å². The van der Waals surface area contributed by atoms with Crippen molar-refractivity contribution in [2.75, 3.05) is 0 Å². The molecule has 2 aromatic heterocycles. The Morgan fingerprint density at radius 2 is 1.81 bits per heavy atom. The molecule has 0 unspecified atom stereocenters. The third-order valence-electron chi connectivity index (χ3n) is 2.73. The van der Waals surface area contributed by atoms with E-state index >= 15 is 0 Å². The van der Waals surface area contributed by atoms with Gasteiger partial charge in [0.25, 0.3) is 0 Å². The van der Waals surface area contributed by atoms with Crippen molar-refractivity contribution in [2.45, 2.75) is 4.90 Å². The third-order valence-corrected chi connectivity index (χ3v) is 3.97. The molecular weight excluding hydrogens is 290 g/mol. The molecule has 0 atom stereocenters. The van der Waals surface area contributed by atoms with Gasteiger partial charge in [0.1, 0.15) is 10.6 Å². The molecular formula is C14H11N3O3S. The molecule has 106 valence electrons. The lowest BCUT2D eigenvalue weighted by Gasteiger charge is -2.07. The Kier molecular flexibility index (Phi) is 3.41. The second-order valence-electron chi connectivity index (χ2n) is 4.17. The molecule has 0 aliphatic heterocycles. The molecule has 0 aliphatic rings. The molecule has 0 aliphatic carbocycles. The molecule has 7 heteroatoms. The van der Waals surface area contributed by atoms with E-state index < -0.39 is 10.1 Å². The van der Waals surface area contributed by atoms with E-state index in [1.54, 1.807) is 47.4 Å². The Balaban J connectivity index is 1.83. The fraction of sp³-hybridized carbons (Fsp3) is 0. The summed E-state index contributed by atoms with van der Waals surface area (Å²) in [6.45, 7) is 0. The molecule has 0 amide bonds. The van der Waals surface area contributed by atoms with E-state index in [0.29, 0.717) is 0 Å². The van der Waals surface area contributed by atoms with Gasteiger partial charge in [0.15, 0.2) is 0 Å². The molecule has 0 spiro atoms. The lowest BCUT2D eigenvalue weighted by atomic mass is 10.3. The van der Waals surface area contributed by atoms with Crippen molar-refractivity contribution in [3.63, 3.8) is 0 Å². The molecule has 6 nitrogen and oxygen atoms in total. The van der Waals surface area contributed by atoms with E-state index in [-0.39, 0.29) is 10.6 Å². The molecule has 2 heterocycles. The van der Waals surface area contributed by atoms with Gasteiger partial charge in [-0.25, -0.2) is 4.68 Å². The molecule has 0 fully saturated rings. The molecule has 0 bridgehead atoms. The summed E-state index contributed by atoms with van der Waals surface area (Å²) in [5, 5.41) is 4.09. The van der Waals surface area contributed by atoms with Gasteiger partial charge in [-0.2, -0.15) is 13.5 Å². The van der Waals surface area contributed by atoms with Crippen LogP contribution in [0.3, 0.4) is 0 Å². The van der Waals surface area contributed by atoms with Gasteiger partial charge in [-0.15, -0.1) is 0 Å². The van der Waals surface area contributed by atoms with Crippen LogP contribution in [-0.2, 0) is 10.1 Å². The lowest BCUT2D eigenvalue weighted by Crippen LogP contribution is -2.09. The molecule has 0 N–H and O–H groups in total. The van der Waals surface area contributed by atoms with Crippen LogP contribution in [0, 0.1) is 0 Å². The Bertz CT molecular complexity index is 814. The smallest absolute Gasteiger partial charge is 0.340 e. The number of rotatable bonds is 4. The predicted octanol–water partition coefficient (Wildman–Crippen LogP) is 2.04. The van der Waals surface area contributed by atoms with Crippen molar-refractivity contribution in [3.8, 4) is 11.4 Å². The monoisotopic (exact) mass is 301 g/mol. The summed E-state index contributed by atoms with van der Waals surface area (Å²) < 4.78 is 30.8. The van der Waals surface area contributed by atoms with Crippen LogP contribution in [0.25, 0.3) is 5.69 Å². The highest BCUT2D eigenvalue weighted by molar-refractivity contribution is 7.87. The van der Waals surface area contributed by atoms with E-state index in [1.807, 2.05) is 0 Å². The van der Waals surface area contributed by atoms with Crippen LogP contribution in [0.1, 0.15) is 0 Å². The van der Waals surface area contributed by atoms with E-state index in [2.05, 4.69) is 10.1 Å². The van der Waals surface area contributed by atoms with Crippen LogP contribution >= 0.6 is 0 Å². The van der Waals surface area contributed by atoms with E-state index in [4.69, 9.17) is 4.18 Å². The van der Waals surface area contributed by atoms with Crippen LogP contribution in [0.5, 0.6) is 5.75 Å². The lowest BCUT2D eigenvalue weighted by molar-refractivity contribution is 0.485. The van der Waals surface area contributed by atoms with Crippen LogP contribution in [0.15, 0.2) is 72.1 Å². The minimum atomic E-state index is -3.86. The molecule has 3 rings (SSSR count). The maximum atomic E-state index is 12.0. The highest BCUT2D eigenvalue weighted by atomic mass is 32.2. The van der Waals surface area contributed by atoms with Gasteiger partial charge >= 0.3 is 10.1 Å². The zero-order valence-electron chi connectivity index (χ0n) is 10.8. The maximum absolute atomic E-state index is 12.0. The number of aromatic nitrogens is 3. The van der Waals surface area contributed by atoms with E-state index in [0.717, 1.165) is 5.69 Å². The van der Waals surface area contributed by atoms with Gasteiger partial charge in [0.05, 0.1) is 5.69 Å². The van der Waals surface area contributed by atoms with Crippen molar-refractivity contribution in [1.29, 1.82) is 0 Å². The van der Waals surface area contributed by atoms with Gasteiger partial charge in [0, 0.05) is 24.8 Å². The summed E-state index contributed by atoms with van der Waals surface area (Å²) in [7, 11) is -3.86. The number of hydrogen-bond donors (Lipinski definition) is 0. The van der Waals surface area contributed by atoms with Crippen molar-refractivity contribution in [2.24, 2.45) is 0 Å². The van der Waals surface area contributed by atoms with Crippen molar-refractivity contribution >= 4 is 10.1 Å². The Morgan fingerprint density at radius 1 is 1.00 bits per heavy atom. The first-order valence-electron chi connectivity index (χ1n) is 6.10. The fourth-order valence-corrected chi connectivity index (χ4v) is 2.64. The van der Waals surface area contributed by atoms with Gasteiger partial charge in [-0.1, -0.05) is 0 Å².